The maximum atomic E-state index is 9.63. The van der Waals surface area contributed by atoms with Crippen molar-refractivity contribution < 1.29 is 5.11 Å². The van der Waals surface area contributed by atoms with Crippen molar-refractivity contribution in [3.63, 3.8) is 0 Å². The zero-order valence-corrected chi connectivity index (χ0v) is 7.90. The van der Waals surface area contributed by atoms with E-state index in [0.29, 0.717) is 12.8 Å². The fraction of sp³-hybridized carbons (Fsp3) is 0.400. The molecule has 0 radical (unpaired) electrons. The summed E-state index contributed by atoms with van der Waals surface area (Å²) in [7, 11) is 0. The molecule has 0 aliphatic rings. The van der Waals surface area contributed by atoms with Crippen molar-refractivity contribution >= 4 is 11.3 Å². The maximum Gasteiger partial charge on any atom is 0.0809 e. The summed E-state index contributed by atoms with van der Waals surface area (Å²) in [5, 5.41) is 13.7. The number of terminal acetylenes is 1. The fourth-order valence-electron chi connectivity index (χ4n) is 1.09. The molecule has 1 rings (SSSR count). The largest absolute Gasteiger partial charge is 0.388 e. The average Bonchev–Trinajstić information content (AvgIpc) is 2.47. The number of hydrogen-bond acceptors (Lipinski definition) is 2. The highest BCUT2D eigenvalue weighted by Gasteiger charge is 2.09. The Balaban J connectivity index is 2.60. The van der Waals surface area contributed by atoms with Gasteiger partial charge in [0, 0.05) is 6.42 Å². The highest BCUT2D eigenvalue weighted by Crippen LogP contribution is 2.24. The van der Waals surface area contributed by atoms with Gasteiger partial charge in [-0.05, 0) is 35.2 Å². The number of hydrogen-bond donors (Lipinski definition) is 1. The Morgan fingerprint density at radius 1 is 1.67 bits per heavy atom. The summed E-state index contributed by atoms with van der Waals surface area (Å²) < 4.78 is 0. The molecule has 1 N–H and O–H groups in total. The van der Waals surface area contributed by atoms with E-state index in [1.165, 1.54) is 0 Å². The van der Waals surface area contributed by atoms with Crippen molar-refractivity contribution in [1.29, 1.82) is 0 Å². The van der Waals surface area contributed by atoms with Crippen molar-refractivity contribution in [2.24, 2.45) is 0 Å². The normalized spacial score (nSPS) is 12.4. The Hall–Kier alpha value is -0.780. The van der Waals surface area contributed by atoms with Gasteiger partial charge in [-0.15, -0.1) is 12.3 Å². The molecule has 0 saturated heterocycles. The molecule has 0 bridgehead atoms. The summed E-state index contributed by atoms with van der Waals surface area (Å²) in [6.07, 6.45) is 6.02. The van der Waals surface area contributed by atoms with Gasteiger partial charge in [0.25, 0.3) is 0 Å². The van der Waals surface area contributed by atoms with Crippen LogP contribution in [0.2, 0.25) is 0 Å². The molecule has 1 atom stereocenters. The van der Waals surface area contributed by atoms with E-state index in [9.17, 15) is 5.11 Å². The smallest absolute Gasteiger partial charge is 0.0809 e. The van der Waals surface area contributed by atoms with Gasteiger partial charge in [-0.3, -0.25) is 0 Å². The minimum absolute atomic E-state index is 0.382. The molecule has 0 aromatic carbocycles. The maximum absolute atomic E-state index is 9.63. The SMILES string of the molecule is C#CCCC(O)c1cscc1C. The van der Waals surface area contributed by atoms with Gasteiger partial charge in [-0.1, -0.05) is 0 Å². The van der Waals surface area contributed by atoms with Crippen LogP contribution in [0.15, 0.2) is 10.8 Å². The van der Waals surface area contributed by atoms with Gasteiger partial charge in [-0.2, -0.15) is 11.3 Å². The molecule has 12 heavy (non-hydrogen) atoms. The molecule has 2 heteroatoms. The Bertz CT molecular complexity index is 282. The van der Waals surface area contributed by atoms with Crippen LogP contribution in [-0.4, -0.2) is 5.11 Å². The Labute approximate surface area is 77.1 Å². The van der Waals surface area contributed by atoms with E-state index in [2.05, 4.69) is 5.92 Å². The number of rotatable bonds is 3. The summed E-state index contributed by atoms with van der Waals surface area (Å²) in [5.74, 6) is 2.52. The van der Waals surface area contributed by atoms with Crippen molar-refractivity contribution in [3.05, 3.63) is 21.9 Å². The standard InChI is InChI=1S/C10H12OS/c1-3-4-5-10(11)9-7-12-6-8(9)2/h1,6-7,10-11H,4-5H2,2H3. The molecule has 0 saturated carbocycles. The van der Waals surface area contributed by atoms with Crippen LogP contribution < -0.4 is 0 Å². The van der Waals surface area contributed by atoms with Crippen LogP contribution in [0, 0.1) is 19.3 Å². The highest BCUT2D eigenvalue weighted by atomic mass is 32.1. The molecule has 1 aromatic heterocycles. The zero-order chi connectivity index (χ0) is 8.97. The predicted octanol–water partition coefficient (Wildman–Crippen LogP) is 2.50. The first kappa shape index (κ1) is 9.31. The Kier molecular flexibility index (Phi) is 3.33. The molecule has 1 heterocycles. The van der Waals surface area contributed by atoms with Crippen molar-refractivity contribution in [3.8, 4) is 12.3 Å². The molecular formula is C10H12OS. The summed E-state index contributed by atoms with van der Waals surface area (Å²) >= 11 is 1.62. The molecule has 64 valence electrons. The Morgan fingerprint density at radius 2 is 2.42 bits per heavy atom. The second-order valence-electron chi connectivity index (χ2n) is 2.77. The van der Waals surface area contributed by atoms with Gasteiger partial charge in [0.2, 0.25) is 0 Å². The zero-order valence-electron chi connectivity index (χ0n) is 7.08. The first-order valence-electron chi connectivity index (χ1n) is 3.90. The molecule has 0 amide bonds. The molecule has 1 nitrogen and oxygen atoms in total. The van der Waals surface area contributed by atoms with Gasteiger partial charge >= 0.3 is 0 Å². The third kappa shape index (κ3) is 2.10. The molecule has 1 unspecified atom stereocenters. The molecule has 0 aliphatic carbocycles. The van der Waals surface area contributed by atoms with E-state index in [-0.39, 0.29) is 6.10 Å². The molecule has 0 spiro atoms. The van der Waals surface area contributed by atoms with E-state index in [1.54, 1.807) is 11.3 Å². The number of thiophene rings is 1. The van der Waals surface area contributed by atoms with Gasteiger partial charge in [0.05, 0.1) is 6.10 Å². The summed E-state index contributed by atoms with van der Waals surface area (Å²) in [5.41, 5.74) is 2.18. The van der Waals surface area contributed by atoms with E-state index in [0.717, 1.165) is 11.1 Å². The van der Waals surface area contributed by atoms with Gasteiger partial charge in [0.15, 0.2) is 0 Å². The van der Waals surface area contributed by atoms with Crippen LogP contribution in [0.1, 0.15) is 30.1 Å². The van der Waals surface area contributed by atoms with Crippen molar-refractivity contribution in [1.82, 2.24) is 0 Å². The third-order valence-corrected chi connectivity index (χ3v) is 2.70. The van der Waals surface area contributed by atoms with Gasteiger partial charge in [-0.25, -0.2) is 0 Å². The minimum Gasteiger partial charge on any atom is -0.388 e. The molecule has 0 fully saturated rings. The lowest BCUT2D eigenvalue weighted by Gasteiger charge is -2.07. The minimum atomic E-state index is -0.382. The van der Waals surface area contributed by atoms with Crippen molar-refractivity contribution in [2.75, 3.05) is 0 Å². The monoisotopic (exact) mass is 180 g/mol. The van der Waals surface area contributed by atoms with Gasteiger partial charge < -0.3 is 5.11 Å². The molecule has 1 aromatic rings. The van der Waals surface area contributed by atoms with E-state index in [4.69, 9.17) is 6.42 Å². The van der Waals surface area contributed by atoms with Crippen LogP contribution in [0.5, 0.6) is 0 Å². The van der Waals surface area contributed by atoms with E-state index >= 15 is 0 Å². The van der Waals surface area contributed by atoms with Crippen LogP contribution in [0.3, 0.4) is 0 Å². The van der Waals surface area contributed by atoms with E-state index < -0.39 is 0 Å². The average molecular weight is 180 g/mol. The first-order valence-corrected chi connectivity index (χ1v) is 4.84. The number of aliphatic hydroxyl groups is 1. The summed E-state index contributed by atoms with van der Waals surface area (Å²) in [4.78, 5) is 0. The molecule has 0 aliphatic heterocycles. The summed E-state index contributed by atoms with van der Waals surface area (Å²) in [6.45, 7) is 2.00. The second-order valence-corrected chi connectivity index (χ2v) is 3.51. The topological polar surface area (TPSA) is 20.2 Å². The fourth-order valence-corrected chi connectivity index (χ4v) is 1.99. The van der Waals surface area contributed by atoms with Crippen LogP contribution in [0.25, 0.3) is 0 Å². The van der Waals surface area contributed by atoms with Crippen LogP contribution in [0.4, 0.5) is 0 Å². The summed E-state index contributed by atoms with van der Waals surface area (Å²) in [6, 6.07) is 0. The highest BCUT2D eigenvalue weighted by molar-refractivity contribution is 7.08. The quantitative estimate of drug-likeness (QED) is 0.709. The molecular weight excluding hydrogens is 168 g/mol. The number of aryl methyl sites for hydroxylation is 1. The Morgan fingerprint density at radius 3 is 2.92 bits per heavy atom. The van der Waals surface area contributed by atoms with Gasteiger partial charge in [0.1, 0.15) is 0 Å². The van der Waals surface area contributed by atoms with Crippen molar-refractivity contribution in [2.45, 2.75) is 25.9 Å². The lowest BCUT2D eigenvalue weighted by Crippen LogP contribution is -1.96. The lowest BCUT2D eigenvalue weighted by atomic mass is 10.1. The second kappa shape index (κ2) is 4.30. The van der Waals surface area contributed by atoms with E-state index in [1.807, 2.05) is 17.7 Å². The van der Waals surface area contributed by atoms with Crippen LogP contribution >= 0.6 is 11.3 Å². The first-order chi connectivity index (χ1) is 5.75. The van der Waals surface area contributed by atoms with Crippen LogP contribution in [-0.2, 0) is 0 Å². The number of aliphatic hydroxyl groups excluding tert-OH is 1. The lowest BCUT2D eigenvalue weighted by molar-refractivity contribution is 0.169. The third-order valence-electron chi connectivity index (χ3n) is 1.82. The predicted molar refractivity (Wildman–Crippen MR) is 52.1 cm³/mol.